The molecule has 1 aromatic carbocycles. The molecule has 0 aliphatic rings. The van der Waals surface area contributed by atoms with Gasteiger partial charge in [0.15, 0.2) is 0 Å². The normalized spacial score (nSPS) is 11.1. The number of carbonyl (C=O) groups excluding carboxylic acids is 2. The Morgan fingerprint density at radius 2 is 1.06 bits per heavy atom. The summed E-state index contributed by atoms with van der Waals surface area (Å²) >= 11 is 0. The summed E-state index contributed by atoms with van der Waals surface area (Å²) in [4.78, 5) is 23.9. The molecule has 0 atom stereocenters. The third kappa shape index (κ3) is 17.6. The molecule has 1 aromatic rings. The number of hydrogen-bond donors (Lipinski definition) is 3. The Morgan fingerprint density at radius 3 is 1.50 bits per heavy atom. The molecule has 0 bridgehead atoms. The summed E-state index contributed by atoms with van der Waals surface area (Å²) in [5.74, 6) is 0.303. The van der Waals surface area contributed by atoms with Gasteiger partial charge in [-0.2, -0.15) is 0 Å². The van der Waals surface area contributed by atoms with Crippen LogP contribution in [-0.4, -0.2) is 24.9 Å². The maximum absolute atomic E-state index is 12.1. The highest BCUT2D eigenvalue weighted by atomic mass is 16.2. The van der Waals surface area contributed by atoms with Crippen molar-refractivity contribution in [3.63, 3.8) is 0 Å². The highest BCUT2D eigenvalue weighted by Gasteiger charge is 2.06. The number of carbonyl (C=O) groups is 2. The van der Waals surface area contributed by atoms with Crippen molar-refractivity contribution < 1.29 is 9.59 Å². The first-order valence-corrected chi connectivity index (χ1v) is 13.9. The fourth-order valence-electron chi connectivity index (χ4n) is 4.07. The van der Waals surface area contributed by atoms with Crippen molar-refractivity contribution in [1.29, 1.82) is 0 Å². The van der Waals surface area contributed by atoms with E-state index in [0.29, 0.717) is 18.9 Å². The van der Waals surface area contributed by atoms with E-state index in [2.05, 4.69) is 22.9 Å². The fraction of sp³-hybridized carbons (Fsp3) is 0.724. The van der Waals surface area contributed by atoms with Crippen molar-refractivity contribution in [1.82, 2.24) is 5.32 Å². The van der Waals surface area contributed by atoms with E-state index in [1.54, 1.807) is 0 Å². The van der Waals surface area contributed by atoms with Crippen LogP contribution in [-0.2, 0) is 9.59 Å². The SMILES string of the molecule is CCCCCCCCCCCCCCCCNCC(=O)Nc1ccc(NC(=O)CC(C)C)cc1. The monoisotopic (exact) mass is 473 g/mol. The van der Waals surface area contributed by atoms with Crippen LogP contribution in [0.5, 0.6) is 0 Å². The van der Waals surface area contributed by atoms with Crippen LogP contribution in [0.3, 0.4) is 0 Å². The number of benzene rings is 1. The zero-order valence-corrected chi connectivity index (χ0v) is 22.2. The minimum absolute atomic E-state index is 0.0134. The Kier molecular flexibility index (Phi) is 18.2. The summed E-state index contributed by atoms with van der Waals surface area (Å²) in [5, 5.41) is 9.00. The van der Waals surface area contributed by atoms with E-state index in [4.69, 9.17) is 0 Å². The molecule has 0 fully saturated rings. The van der Waals surface area contributed by atoms with Gasteiger partial charge in [-0.3, -0.25) is 9.59 Å². The summed E-state index contributed by atoms with van der Waals surface area (Å²) in [6.07, 6.45) is 19.5. The number of rotatable bonds is 21. The van der Waals surface area contributed by atoms with Gasteiger partial charge in [-0.15, -0.1) is 0 Å². The molecular formula is C29H51N3O2. The molecular weight excluding hydrogens is 422 g/mol. The first kappa shape index (κ1) is 30.2. The van der Waals surface area contributed by atoms with E-state index in [1.165, 1.54) is 83.5 Å². The highest BCUT2D eigenvalue weighted by molar-refractivity contribution is 5.93. The Hall–Kier alpha value is -1.88. The van der Waals surface area contributed by atoms with Gasteiger partial charge in [-0.25, -0.2) is 0 Å². The zero-order chi connectivity index (χ0) is 24.9. The molecule has 0 aromatic heterocycles. The molecule has 0 saturated heterocycles. The molecule has 34 heavy (non-hydrogen) atoms. The minimum atomic E-state index is -0.0399. The second-order valence-electron chi connectivity index (χ2n) is 10.0. The second-order valence-corrected chi connectivity index (χ2v) is 10.0. The highest BCUT2D eigenvalue weighted by Crippen LogP contribution is 2.15. The maximum atomic E-state index is 12.1. The average Bonchev–Trinajstić information content (AvgIpc) is 2.79. The topological polar surface area (TPSA) is 70.2 Å². The molecule has 0 spiro atoms. The van der Waals surface area contributed by atoms with Gasteiger partial charge in [0.25, 0.3) is 0 Å². The Labute approximate surface area is 209 Å². The van der Waals surface area contributed by atoms with Gasteiger partial charge in [0, 0.05) is 17.8 Å². The van der Waals surface area contributed by atoms with Crippen LogP contribution in [0.15, 0.2) is 24.3 Å². The molecule has 3 N–H and O–H groups in total. The quantitative estimate of drug-likeness (QED) is 0.160. The average molecular weight is 474 g/mol. The third-order valence-electron chi connectivity index (χ3n) is 6.04. The van der Waals surface area contributed by atoms with E-state index < -0.39 is 0 Å². The largest absolute Gasteiger partial charge is 0.326 e. The molecule has 5 nitrogen and oxygen atoms in total. The molecule has 1 rings (SSSR count). The van der Waals surface area contributed by atoms with Crippen LogP contribution in [0.1, 0.15) is 117 Å². The molecule has 2 amide bonds. The molecule has 0 aliphatic heterocycles. The summed E-state index contributed by atoms with van der Waals surface area (Å²) in [5.41, 5.74) is 1.49. The summed E-state index contributed by atoms with van der Waals surface area (Å²) in [6, 6.07) is 7.26. The lowest BCUT2D eigenvalue weighted by Crippen LogP contribution is -2.28. The van der Waals surface area contributed by atoms with Gasteiger partial charge in [-0.1, -0.05) is 104 Å². The lowest BCUT2D eigenvalue weighted by molar-refractivity contribution is -0.117. The molecule has 0 heterocycles. The number of hydrogen-bond acceptors (Lipinski definition) is 3. The number of nitrogens with one attached hydrogen (secondary N) is 3. The van der Waals surface area contributed by atoms with Crippen molar-refractivity contribution in [2.45, 2.75) is 117 Å². The van der Waals surface area contributed by atoms with Crippen LogP contribution >= 0.6 is 0 Å². The van der Waals surface area contributed by atoms with E-state index in [9.17, 15) is 9.59 Å². The van der Waals surface area contributed by atoms with Crippen LogP contribution in [0, 0.1) is 5.92 Å². The van der Waals surface area contributed by atoms with Crippen molar-refractivity contribution in [2.24, 2.45) is 5.92 Å². The van der Waals surface area contributed by atoms with E-state index >= 15 is 0 Å². The fourth-order valence-corrected chi connectivity index (χ4v) is 4.07. The summed E-state index contributed by atoms with van der Waals surface area (Å²) in [6.45, 7) is 7.52. The van der Waals surface area contributed by atoms with Gasteiger partial charge in [0.2, 0.25) is 11.8 Å². The van der Waals surface area contributed by atoms with Crippen LogP contribution in [0.2, 0.25) is 0 Å². The summed E-state index contributed by atoms with van der Waals surface area (Å²) < 4.78 is 0. The van der Waals surface area contributed by atoms with E-state index in [-0.39, 0.29) is 11.8 Å². The van der Waals surface area contributed by atoms with Crippen molar-refractivity contribution in [3.05, 3.63) is 24.3 Å². The first-order chi connectivity index (χ1) is 16.5. The van der Waals surface area contributed by atoms with Crippen molar-refractivity contribution in [2.75, 3.05) is 23.7 Å². The lowest BCUT2D eigenvalue weighted by atomic mass is 10.0. The number of unbranched alkanes of at least 4 members (excludes halogenated alkanes) is 13. The zero-order valence-electron chi connectivity index (χ0n) is 22.2. The van der Waals surface area contributed by atoms with E-state index in [1.807, 2.05) is 38.1 Å². The third-order valence-corrected chi connectivity index (χ3v) is 6.04. The van der Waals surface area contributed by atoms with Gasteiger partial charge in [-0.05, 0) is 43.1 Å². The standard InChI is InChI=1S/C29H51N3O2/c1-4-5-6-7-8-9-10-11-12-13-14-15-16-17-22-30-24-29(34)32-27-20-18-26(19-21-27)31-28(33)23-25(2)3/h18-21,25,30H,4-17,22-24H2,1-3H3,(H,31,33)(H,32,34). The number of amides is 2. The minimum Gasteiger partial charge on any atom is -0.326 e. The molecule has 194 valence electrons. The van der Waals surface area contributed by atoms with E-state index in [0.717, 1.165) is 24.3 Å². The Morgan fingerprint density at radius 1 is 0.647 bits per heavy atom. The first-order valence-electron chi connectivity index (χ1n) is 13.9. The predicted molar refractivity (Wildman–Crippen MR) is 146 cm³/mol. The maximum Gasteiger partial charge on any atom is 0.238 e. The molecule has 5 heteroatoms. The van der Waals surface area contributed by atoms with Crippen LogP contribution in [0.4, 0.5) is 11.4 Å². The second kappa shape index (κ2) is 20.5. The Bertz CT molecular complexity index is 643. The summed E-state index contributed by atoms with van der Waals surface area (Å²) in [7, 11) is 0. The predicted octanol–water partition coefficient (Wildman–Crippen LogP) is 7.68. The number of anilines is 2. The van der Waals surface area contributed by atoms with Crippen molar-refractivity contribution >= 4 is 23.2 Å². The smallest absolute Gasteiger partial charge is 0.238 e. The van der Waals surface area contributed by atoms with Crippen LogP contribution < -0.4 is 16.0 Å². The van der Waals surface area contributed by atoms with Gasteiger partial charge >= 0.3 is 0 Å². The molecule has 0 unspecified atom stereocenters. The van der Waals surface area contributed by atoms with Crippen LogP contribution in [0.25, 0.3) is 0 Å². The molecule has 0 saturated carbocycles. The molecule has 0 radical (unpaired) electrons. The lowest BCUT2D eigenvalue weighted by Gasteiger charge is -2.09. The van der Waals surface area contributed by atoms with Gasteiger partial charge in [0.05, 0.1) is 6.54 Å². The molecule has 0 aliphatic carbocycles. The van der Waals surface area contributed by atoms with Crippen molar-refractivity contribution in [3.8, 4) is 0 Å². The Balaban J connectivity index is 1.94. The van der Waals surface area contributed by atoms with Gasteiger partial charge < -0.3 is 16.0 Å². The van der Waals surface area contributed by atoms with Gasteiger partial charge in [0.1, 0.15) is 0 Å².